The second-order valence-corrected chi connectivity index (χ2v) is 21.8. The molecule has 0 heterocycles. The maximum Gasteiger partial charge on any atom is 0.348 e. The lowest BCUT2D eigenvalue weighted by molar-refractivity contribution is -0.155. The van der Waals surface area contributed by atoms with Gasteiger partial charge in [-0.15, -0.1) is 0 Å². The molecule has 0 radical (unpaired) electrons. The van der Waals surface area contributed by atoms with Gasteiger partial charge in [-0.05, 0) is 112 Å². The molecule has 0 spiro atoms. The third kappa shape index (κ3) is 18.7. The molecule has 0 aliphatic rings. The molecule has 12 nitrogen and oxygen atoms in total. The number of rotatable bonds is 27. The van der Waals surface area contributed by atoms with E-state index in [4.69, 9.17) is 14.2 Å². The topological polar surface area (TPSA) is 160 Å². The molecule has 9 rings (SSSR count). The lowest BCUT2D eigenvalue weighted by atomic mass is 9.94. The van der Waals surface area contributed by atoms with Crippen molar-refractivity contribution in [1.82, 2.24) is 0 Å². The Kier molecular flexibility index (Phi) is 22.0. The standard InChI is InChI=1S/C77H66N6O6/c1-77(56-87-74(84)68(47-78)44-59-32-38-71(39-33-59)81(50-62-20-8-2-9-21-62)51-63-22-10-3-11-23-63,57-88-75(85)69(48-79)45-60-34-40-72(41-35-60)82(52-64-24-12-4-13-25-64)53-65-26-14-5-15-27-65)58-89-76(86)70(49-80)46-61-36-42-73(43-37-61)83(54-66-28-16-6-17-29-66)55-67-30-18-7-19-31-67/h2-46H,50-58H2,1H3/b68-44+,69-45+,70-46+. The molecule has 0 aliphatic carbocycles. The zero-order valence-electron chi connectivity index (χ0n) is 49.5. The number of nitrogens with zero attached hydrogens (tertiary/aromatic N) is 6. The van der Waals surface area contributed by atoms with Crippen molar-refractivity contribution in [3.8, 4) is 18.2 Å². The summed E-state index contributed by atoms with van der Waals surface area (Å²) in [5, 5.41) is 30.9. The number of benzene rings is 9. The van der Waals surface area contributed by atoms with Gasteiger partial charge in [0.15, 0.2) is 0 Å². The van der Waals surface area contributed by atoms with E-state index in [2.05, 4.69) is 87.5 Å². The van der Waals surface area contributed by atoms with Crippen LogP contribution in [-0.4, -0.2) is 37.7 Å². The van der Waals surface area contributed by atoms with E-state index in [9.17, 15) is 30.2 Å². The molecule has 440 valence electrons. The van der Waals surface area contributed by atoms with Gasteiger partial charge in [-0.2, -0.15) is 15.8 Å². The third-order valence-electron chi connectivity index (χ3n) is 14.7. The number of ether oxygens (including phenoxy) is 3. The summed E-state index contributed by atoms with van der Waals surface area (Å²) in [6.07, 6.45) is 4.26. The molecule has 0 saturated carbocycles. The Balaban J connectivity index is 0.912. The van der Waals surface area contributed by atoms with Gasteiger partial charge >= 0.3 is 17.9 Å². The van der Waals surface area contributed by atoms with E-state index in [0.29, 0.717) is 56.0 Å². The largest absolute Gasteiger partial charge is 0.461 e. The molecule has 0 amide bonds. The van der Waals surface area contributed by atoms with Gasteiger partial charge in [0.2, 0.25) is 0 Å². The molecular formula is C77H66N6O6. The molecule has 0 N–H and O–H groups in total. The Bertz CT molecular complexity index is 3450. The highest BCUT2D eigenvalue weighted by molar-refractivity contribution is 5.99. The maximum atomic E-state index is 13.8. The van der Waals surface area contributed by atoms with Crippen molar-refractivity contribution in [2.75, 3.05) is 34.5 Å². The Labute approximate surface area is 520 Å². The molecule has 0 fully saturated rings. The summed E-state index contributed by atoms with van der Waals surface area (Å²) in [7, 11) is 0. The smallest absolute Gasteiger partial charge is 0.348 e. The monoisotopic (exact) mass is 1170 g/mol. The fourth-order valence-electron chi connectivity index (χ4n) is 9.87. The van der Waals surface area contributed by atoms with Crippen molar-refractivity contribution in [2.24, 2.45) is 5.41 Å². The molecule has 0 bridgehead atoms. The van der Waals surface area contributed by atoms with Crippen LogP contribution in [0.2, 0.25) is 0 Å². The van der Waals surface area contributed by atoms with Gasteiger partial charge in [0, 0.05) is 56.3 Å². The summed E-state index contributed by atoms with van der Waals surface area (Å²) in [4.78, 5) is 48.3. The zero-order chi connectivity index (χ0) is 62.1. The number of hydrogen-bond acceptors (Lipinski definition) is 12. The second-order valence-electron chi connectivity index (χ2n) is 21.8. The van der Waals surface area contributed by atoms with Gasteiger partial charge in [-0.3, -0.25) is 0 Å². The van der Waals surface area contributed by atoms with E-state index in [-0.39, 0.29) is 16.7 Å². The molecule has 0 aliphatic heterocycles. The molecule has 0 atom stereocenters. The van der Waals surface area contributed by atoms with Gasteiger partial charge in [0.1, 0.15) is 54.7 Å². The third-order valence-corrected chi connectivity index (χ3v) is 14.7. The summed E-state index contributed by atoms with van der Waals surface area (Å²) < 4.78 is 17.3. The van der Waals surface area contributed by atoms with E-state index in [1.807, 2.05) is 200 Å². The van der Waals surface area contributed by atoms with Crippen molar-refractivity contribution in [3.05, 3.63) is 322 Å². The minimum Gasteiger partial charge on any atom is -0.461 e. The Hall–Kier alpha value is -11.5. The number of esters is 3. The first-order valence-corrected chi connectivity index (χ1v) is 29.2. The maximum absolute atomic E-state index is 13.8. The van der Waals surface area contributed by atoms with E-state index in [1.165, 1.54) is 18.2 Å². The number of carbonyl (C=O) groups excluding carboxylic acids is 3. The van der Waals surface area contributed by atoms with Gasteiger partial charge in [-0.1, -0.05) is 218 Å². The van der Waals surface area contributed by atoms with Crippen LogP contribution in [0.1, 0.15) is 57.0 Å². The second kappa shape index (κ2) is 31.6. The van der Waals surface area contributed by atoms with Crippen LogP contribution in [0.15, 0.2) is 272 Å². The van der Waals surface area contributed by atoms with Gasteiger partial charge < -0.3 is 28.9 Å². The van der Waals surface area contributed by atoms with Gasteiger partial charge in [0.05, 0.1) is 5.41 Å². The fraction of sp³-hybridized carbons (Fsp3) is 0.143. The molecular weight excluding hydrogens is 1100 g/mol. The summed E-state index contributed by atoms with van der Waals surface area (Å²) in [5.74, 6) is -2.93. The Morgan fingerprint density at radius 3 is 0.697 bits per heavy atom. The van der Waals surface area contributed by atoms with E-state index >= 15 is 0 Å². The molecule has 0 unspecified atom stereocenters. The van der Waals surface area contributed by atoms with E-state index in [0.717, 1.165) is 50.4 Å². The molecule has 0 aromatic heterocycles. The SMILES string of the molecule is CC(COC(=O)/C(C#N)=C/c1ccc(N(Cc2ccccc2)Cc2ccccc2)cc1)(COC(=O)/C(C#N)=C/c1ccc(N(Cc2ccccc2)Cc2ccccc2)cc1)COC(=O)/C(C#N)=C/c1ccc(N(Cc2ccccc2)Cc2ccccc2)cc1. The van der Waals surface area contributed by atoms with Crippen LogP contribution >= 0.6 is 0 Å². The first kappa shape index (κ1) is 62.0. The predicted molar refractivity (Wildman–Crippen MR) is 349 cm³/mol. The average molecular weight is 1170 g/mol. The first-order valence-electron chi connectivity index (χ1n) is 29.2. The zero-order valence-corrected chi connectivity index (χ0v) is 49.5. The van der Waals surface area contributed by atoms with Crippen LogP contribution in [0.5, 0.6) is 0 Å². The predicted octanol–water partition coefficient (Wildman–Crippen LogP) is 15.1. The van der Waals surface area contributed by atoms with Gasteiger partial charge in [-0.25, -0.2) is 14.4 Å². The summed E-state index contributed by atoms with van der Waals surface area (Å²) in [5.41, 5.74) is 8.88. The van der Waals surface area contributed by atoms with Crippen LogP contribution in [0.4, 0.5) is 17.1 Å². The molecule has 89 heavy (non-hydrogen) atoms. The lowest BCUT2D eigenvalue weighted by Gasteiger charge is -2.28. The first-order chi connectivity index (χ1) is 43.5. The number of nitriles is 3. The fourth-order valence-corrected chi connectivity index (χ4v) is 9.87. The van der Waals surface area contributed by atoms with Crippen molar-refractivity contribution in [3.63, 3.8) is 0 Å². The van der Waals surface area contributed by atoms with Crippen LogP contribution < -0.4 is 14.7 Å². The lowest BCUT2D eigenvalue weighted by Crippen LogP contribution is -2.37. The highest BCUT2D eigenvalue weighted by Crippen LogP contribution is 2.28. The average Bonchev–Trinajstić information content (AvgIpc) is 3.34. The van der Waals surface area contributed by atoms with Crippen LogP contribution in [0.3, 0.4) is 0 Å². The highest BCUT2D eigenvalue weighted by Gasteiger charge is 2.33. The molecule has 0 saturated heterocycles. The van der Waals surface area contributed by atoms with Crippen LogP contribution in [0.25, 0.3) is 18.2 Å². The minimum atomic E-state index is -1.46. The van der Waals surface area contributed by atoms with Crippen molar-refractivity contribution >= 4 is 53.2 Å². The number of carbonyl (C=O) groups is 3. The van der Waals surface area contributed by atoms with Crippen molar-refractivity contribution in [2.45, 2.75) is 46.2 Å². The summed E-state index contributed by atoms with van der Waals surface area (Å²) in [6.45, 7) is 3.88. The Morgan fingerprint density at radius 2 is 0.517 bits per heavy atom. The Morgan fingerprint density at radius 1 is 0.326 bits per heavy atom. The molecule has 9 aromatic rings. The molecule has 9 aromatic carbocycles. The quantitative estimate of drug-likeness (QED) is 0.0208. The number of hydrogen-bond donors (Lipinski definition) is 0. The number of anilines is 3. The highest BCUT2D eigenvalue weighted by atomic mass is 16.6. The summed E-state index contributed by atoms with van der Waals surface area (Å²) >= 11 is 0. The van der Waals surface area contributed by atoms with Crippen LogP contribution in [0, 0.1) is 39.4 Å². The minimum absolute atomic E-state index is 0.313. The molecule has 12 heteroatoms. The summed E-state index contributed by atoms with van der Waals surface area (Å²) in [6, 6.07) is 89.1. The van der Waals surface area contributed by atoms with Gasteiger partial charge in [0.25, 0.3) is 0 Å². The van der Waals surface area contributed by atoms with E-state index < -0.39 is 43.1 Å². The van der Waals surface area contributed by atoms with Crippen LogP contribution in [-0.2, 0) is 67.9 Å². The van der Waals surface area contributed by atoms with E-state index in [1.54, 1.807) is 6.92 Å². The normalized spacial score (nSPS) is 11.5. The van der Waals surface area contributed by atoms with Crippen molar-refractivity contribution in [1.29, 1.82) is 15.8 Å². The van der Waals surface area contributed by atoms with Crippen molar-refractivity contribution < 1.29 is 28.6 Å².